The minimum atomic E-state index is -4.62. The van der Waals surface area contributed by atoms with Gasteiger partial charge in [0.2, 0.25) is 0 Å². The van der Waals surface area contributed by atoms with Crippen molar-refractivity contribution < 1.29 is 36.3 Å². The maximum atomic E-state index is 13.2. The fourth-order valence-corrected chi connectivity index (χ4v) is 3.70. The van der Waals surface area contributed by atoms with E-state index in [4.69, 9.17) is 5.11 Å². The van der Waals surface area contributed by atoms with Crippen LogP contribution in [0.2, 0.25) is 0 Å². The Hall–Kier alpha value is -3.20. The monoisotopic (exact) mass is 436 g/mol. The third-order valence-electron chi connectivity index (χ3n) is 4.49. The van der Waals surface area contributed by atoms with Crippen molar-refractivity contribution in [1.29, 1.82) is 0 Å². The highest BCUT2D eigenvalue weighted by atomic mass is 32.2. The fourth-order valence-electron chi connectivity index (χ4n) is 3.07. The lowest BCUT2D eigenvalue weighted by molar-refractivity contribution is -0.138. The summed E-state index contributed by atoms with van der Waals surface area (Å²) in [4.78, 5) is 24.1. The molecule has 5 nitrogen and oxygen atoms in total. The van der Waals surface area contributed by atoms with Gasteiger partial charge >= 0.3 is 12.1 Å². The second-order valence-corrected chi connectivity index (χ2v) is 8.79. The molecular formula is C21H15F3O5S. The fraction of sp³-hybridized carbons (Fsp3) is 0.143. The molecule has 0 aliphatic carbocycles. The Balaban J connectivity index is 2.20. The topological polar surface area (TPSA) is 88.5 Å². The van der Waals surface area contributed by atoms with E-state index in [1.54, 1.807) is 0 Å². The summed E-state index contributed by atoms with van der Waals surface area (Å²) in [7, 11) is -3.49. The molecule has 0 spiro atoms. The normalized spacial score (nSPS) is 12.1. The van der Waals surface area contributed by atoms with Crippen LogP contribution in [0.4, 0.5) is 13.2 Å². The van der Waals surface area contributed by atoms with Crippen LogP contribution in [0.3, 0.4) is 0 Å². The van der Waals surface area contributed by atoms with Crippen molar-refractivity contribution in [2.45, 2.75) is 17.5 Å². The van der Waals surface area contributed by atoms with Crippen molar-refractivity contribution in [3.8, 4) is 0 Å². The van der Waals surface area contributed by atoms with E-state index in [0.717, 1.165) is 18.4 Å². The van der Waals surface area contributed by atoms with Crippen LogP contribution in [0.1, 0.15) is 27.0 Å². The first-order valence-electron chi connectivity index (χ1n) is 8.57. The van der Waals surface area contributed by atoms with E-state index >= 15 is 0 Å². The van der Waals surface area contributed by atoms with Crippen LogP contribution in [0, 0.1) is 0 Å². The number of carboxylic acids is 1. The highest BCUT2D eigenvalue weighted by Crippen LogP contribution is 2.33. The largest absolute Gasteiger partial charge is 0.481 e. The number of hydrogen-bond acceptors (Lipinski definition) is 4. The molecular weight excluding hydrogens is 421 g/mol. The predicted octanol–water partition coefficient (Wildman–Crippen LogP) is 4.12. The van der Waals surface area contributed by atoms with Crippen LogP contribution < -0.4 is 0 Å². The van der Waals surface area contributed by atoms with Gasteiger partial charge in [-0.15, -0.1) is 0 Å². The SMILES string of the molecule is CS(=O)(=O)c1ccc(C(=O)c2cc(CC(=O)O)cc3ccc(C(F)(F)F)cc23)cc1. The van der Waals surface area contributed by atoms with Gasteiger partial charge in [0, 0.05) is 17.4 Å². The summed E-state index contributed by atoms with van der Waals surface area (Å²) in [5.41, 5.74) is -0.719. The average Bonchev–Trinajstić information content (AvgIpc) is 2.64. The van der Waals surface area contributed by atoms with Gasteiger partial charge in [0.15, 0.2) is 15.6 Å². The maximum absolute atomic E-state index is 13.2. The molecule has 0 fully saturated rings. The Morgan fingerprint density at radius 2 is 1.60 bits per heavy atom. The Bertz CT molecular complexity index is 1260. The second kappa shape index (κ2) is 7.56. The van der Waals surface area contributed by atoms with E-state index < -0.39 is 39.8 Å². The standard InChI is InChI=1S/C21H15F3O5S/c1-30(28,29)16-6-3-13(4-7-16)20(27)18-9-12(10-19(25)26)8-14-2-5-15(11-17(14)18)21(22,23)24/h2-9,11H,10H2,1H3,(H,25,26). The number of carboxylic acid groups (broad SMARTS) is 1. The van der Waals surface area contributed by atoms with Crippen LogP contribution in [0.25, 0.3) is 10.8 Å². The van der Waals surface area contributed by atoms with Crippen molar-refractivity contribution in [3.63, 3.8) is 0 Å². The van der Waals surface area contributed by atoms with Gasteiger partial charge in [0.1, 0.15) is 0 Å². The van der Waals surface area contributed by atoms with Gasteiger partial charge < -0.3 is 5.11 Å². The molecule has 0 atom stereocenters. The number of aliphatic carboxylic acids is 1. The third-order valence-corrected chi connectivity index (χ3v) is 5.61. The smallest absolute Gasteiger partial charge is 0.416 e. The Kier molecular flexibility index (Phi) is 5.42. The molecule has 3 aromatic carbocycles. The number of carbonyl (C=O) groups excluding carboxylic acids is 1. The highest BCUT2D eigenvalue weighted by molar-refractivity contribution is 7.90. The summed E-state index contributed by atoms with van der Waals surface area (Å²) < 4.78 is 62.7. The highest BCUT2D eigenvalue weighted by Gasteiger charge is 2.31. The molecule has 0 bridgehead atoms. The van der Waals surface area contributed by atoms with Crippen LogP contribution in [0.5, 0.6) is 0 Å². The van der Waals surface area contributed by atoms with Crippen molar-refractivity contribution >= 4 is 32.4 Å². The van der Waals surface area contributed by atoms with E-state index in [2.05, 4.69) is 0 Å². The van der Waals surface area contributed by atoms with Crippen LogP contribution in [-0.2, 0) is 27.2 Å². The molecule has 0 unspecified atom stereocenters. The van der Waals surface area contributed by atoms with Gasteiger partial charge in [-0.3, -0.25) is 9.59 Å². The van der Waals surface area contributed by atoms with Gasteiger partial charge in [-0.2, -0.15) is 13.2 Å². The van der Waals surface area contributed by atoms with Gasteiger partial charge in [-0.25, -0.2) is 8.42 Å². The molecule has 30 heavy (non-hydrogen) atoms. The van der Waals surface area contributed by atoms with Crippen molar-refractivity contribution in [2.75, 3.05) is 6.26 Å². The zero-order chi connectivity index (χ0) is 22.3. The van der Waals surface area contributed by atoms with Crippen LogP contribution in [-0.4, -0.2) is 31.5 Å². The number of ketones is 1. The molecule has 0 heterocycles. The molecule has 0 saturated carbocycles. The Morgan fingerprint density at radius 3 is 2.13 bits per heavy atom. The first kappa shape index (κ1) is 21.5. The van der Waals surface area contributed by atoms with E-state index in [9.17, 15) is 31.2 Å². The molecule has 0 aliphatic heterocycles. The first-order valence-corrected chi connectivity index (χ1v) is 10.5. The summed E-state index contributed by atoms with van der Waals surface area (Å²) in [5, 5.41) is 9.37. The number of hydrogen-bond donors (Lipinski definition) is 1. The maximum Gasteiger partial charge on any atom is 0.416 e. The minimum absolute atomic E-state index is 0.0112. The molecule has 0 aromatic heterocycles. The lowest BCUT2D eigenvalue weighted by Gasteiger charge is -2.13. The lowest BCUT2D eigenvalue weighted by Crippen LogP contribution is -2.08. The number of alkyl halides is 3. The summed E-state index contributed by atoms with van der Waals surface area (Å²) in [6, 6.07) is 10.6. The quantitative estimate of drug-likeness (QED) is 0.608. The van der Waals surface area contributed by atoms with E-state index in [-0.39, 0.29) is 32.4 Å². The van der Waals surface area contributed by atoms with Crippen LogP contribution in [0.15, 0.2) is 59.5 Å². The first-order chi connectivity index (χ1) is 13.9. The van der Waals surface area contributed by atoms with Crippen LogP contribution >= 0.6 is 0 Å². The minimum Gasteiger partial charge on any atom is -0.481 e. The second-order valence-electron chi connectivity index (χ2n) is 6.77. The molecule has 3 aromatic rings. The van der Waals surface area contributed by atoms with Gasteiger partial charge in [-0.05, 0) is 58.8 Å². The Morgan fingerprint density at radius 1 is 0.967 bits per heavy atom. The number of sulfone groups is 1. The van der Waals surface area contributed by atoms with E-state index in [0.29, 0.717) is 0 Å². The van der Waals surface area contributed by atoms with Crippen molar-refractivity contribution in [2.24, 2.45) is 0 Å². The van der Waals surface area contributed by atoms with Gasteiger partial charge in [0.05, 0.1) is 16.9 Å². The molecule has 1 N–H and O–H groups in total. The number of fused-ring (bicyclic) bond motifs is 1. The molecule has 156 valence electrons. The van der Waals surface area contributed by atoms with E-state index in [1.807, 2.05) is 0 Å². The number of halogens is 3. The molecule has 0 aliphatic rings. The number of benzene rings is 3. The summed E-state index contributed by atoms with van der Waals surface area (Å²) in [6.45, 7) is 0. The van der Waals surface area contributed by atoms with Gasteiger partial charge in [0.25, 0.3) is 0 Å². The third kappa shape index (κ3) is 4.51. The zero-order valence-electron chi connectivity index (χ0n) is 15.5. The molecule has 0 radical (unpaired) electrons. The molecule has 9 heteroatoms. The number of rotatable bonds is 5. The Labute approximate surface area is 169 Å². The molecule has 0 amide bonds. The van der Waals surface area contributed by atoms with Crippen molar-refractivity contribution in [1.82, 2.24) is 0 Å². The zero-order valence-corrected chi connectivity index (χ0v) is 16.3. The predicted molar refractivity (Wildman–Crippen MR) is 103 cm³/mol. The summed E-state index contributed by atoms with van der Waals surface area (Å²) >= 11 is 0. The van der Waals surface area contributed by atoms with Crippen molar-refractivity contribution in [3.05, 3.63) is 76.9 Å². The van der Waals surface area contributed by atoms with E-state index in [1.165, 1.54) is 42.5 Å². The summed E-state index contributed by atoms with van der Waals surface area (Å²) in [6.07, 6.45) is -4.03. The van der Waals surface area contributed by atoms with Gasteiger partial charge in [-0.1, -0.05) is 12.1 Å². The summed E-state index contributed by atoms with van der Waals surface area (Å²) in [5.74, 6) is -1.80. The number of carbonyl (C=O) groups is 2. The molecule has 0 saturated heterocycles. The molecule has 3 rings (SSSR count). The lowest BCUT2D eigenvalue weighted by atomic mass is 9.93. The average molecular weight is 436 g/mol.